The van der Waals surface area contributed by atoms with Crippen molar-refractivity contribution in [1.82, 2.24) is 0 Å². The van der Waals surface area contributed by atoms with Crippen LogP contribution in [0.5, 0.6) is 5.75 Å². The molecule has 3 nitrogen and oxygen atoms in total. The smallest absolute Gasteiger partial charge is 0.123 e. The molecule has 0 aromatic heterocycles. The third kappa shape index (κ3) is 5.09. The summed E-state index contributed by atoms with van der Waals surface area (Å²) in [6, 6.07) is 6.00. The average Bonchev–Trinajstić information content (AvgIpc) is 2.91. The Morgan fingerprint density at radius 3 is 2.85 bits per heavy atom. The fourth-order valence-electron chi connectivity index (χ4n) is 1.95. The van der Waals surface area contributed by atoms with E-state index in [1.807, 2.05) is 0 Å². The topological polar surface area (TPSA) is 27.7 Å². The molecule has 0 spiro atoms. The van der Waals surface area contributed by atoms with Gasteiger partial charge in [-0.15, -0.1) is 0 Å². The van der Waals surface area contributed by atoms with E-state index in [9.17, 15) is 4.39 Å². The molecule has 0 N–H and O–H groups in total. The highest BCUT2D eigenvalue weighted by Gasteiger charge is 2.24. The van der Waals surface area contributed by atoms with Gasteiger partial charge in [0, 0.05) is 15.9 Å². The molecule has 5 heteroatoms. The number of hydrogen-bond acceptors (Lipinski definition) is 3. The van der Waals surface area contributed by atoms with E-state index in [0.29, 0.717) is 25.4 Å². The van der Waals surface area contributed by atoms with Crippen LogP contribution in [-0.4, -0.2) is 25.4 Å². The predicted octanol–water partition coefficient (Wildman–Crippen LogP) is 2.95. The molecular weight excluding hydrogens is 278 g/mol. The molecule has 3 unspecified atom stereocenters. The molecule has 1 aliphatic heterocycles. The fraction of sp³-hybridized carbons (Fsp3) is 0.467. The molecule has 0 radical (unpaired) electrons. The molecule has 108 valence electrons. The molecule has 0 aliphatic carbocycles. The van der Waals surface area contributed by atoms with Crippen LogP contribution in [0.15, 0.2) is 24.3 Å². The van der Waals surface area contributed by atoms with Crippen LogP contribution in [0.2, 0.25) is 0 Å². The predicted molar refractivity (Wildman–Crippen MR) is 77.8 cm³/mol. The third-order valence-corrected chi connectivity index (χ3v) is 3.20. The Hall–Kier alpha value is -1.14. The molecule has 1 heterocycles. The van der Waals surface area contributed by atoms with Crippen molar-refractivity contribution in [2.75, 3.05) is 13.2 Å². The first-order valence-electron chi connectivity index (χ1n) is 6.62. The lowest BCUT2D eigenvalue weighted by atomic mass is 10.2. The van der Waals surface area contributed by atoms with Gasteiger partial charge in [-0.25, -0.2) is 4.39 Å². The zero-order valence-electron chi connectivity index (χ0n) is 11.2. The van der Waals surface area contributed by atoms with Gasteiger partial charge in [-0.2, -0.15) is 0 Å². The van der Waals surface area contributed by atoms with E-state index >= 15 is 0 Å². The maximum Gasteiger partial charge on any atom is 0.123 e. The quantitative estimate of drug-likeness (QED) is 0.475. The molecular formula is C15H18FO3P. The van der Waals surface area contributed by atoms with Crippen molar-refractivity contribution in [3.63, 3.8) is 0 Å². The minimum absolute atomic E-state index is 0.0127. The van der Waals surface area contributed by atoms with Crippen LogP contribution in [0, 0.1) is 17.7 Å². The van der Waals surface area contributed by atoms with Crippen LogP contribution in [0.25, 0.3) is 0 Å². The largest absolute Gasteiger partial charge is 0.491 e. The Bertz CT molecular complexity index is 466. The van der Waals surface area contributed by atoms with E-state index in [1.54, 1.807) is 12.1 Å². The van der Waals surface area contributed by atoms with Gasteiger partial charge in [0.2, 0.25) is 0 Å². The van der Waals surface area contributed by atoms with Crippen molar-refractivity contribution in [3.8, 4) is 17.6 Å². The second-order valence-corrected chi connectivity index (χ2v) is 4.86. The maximum absolute atomic E-state index is 12.7. The van der Waals surface area contributed by atoms with Crippen molar-refractivity contribution in [1.29, 1.82) is 0 Å². The lowest BCUT2D eigenvalue weighted by molar-refractivity contribution is 0.0419. The Labute approximate surface area is 121 Å². The number of ether oxygens (including phenoxy) is 2. The van der Waals surface area contributed by atoms with Crippen LogP contribution in [0.4, 0.5) is 4.39 Å². The summed E-state index contributed by atoms with van der Waals surface area (Å²) in [5, 5.41) is 0. The third-order valence-electron chi connectivity index (χ3n) is 2.97. The van der Waals surface area contributed by atoms with Crippen LogP contribution in [0.1, 0.15) is 19.3 Å². The molecule has 1 aromatic rings. The van der Waals surface area contributed by atoms with Crippen LogP contribution >= 0.6 is 9.47 Å². The Balaban J connectivity index is 1.70. The van der Waals surface area contributed by atoms with Crippen LogP contribution < -0.4 is 4.74 Å². The van der Waals surface area contributed by atoms with Gasteiger partial charge in [0.25, 0.3) is 0 Å². The minimum Gasteiger partial charge on any atom is -0.491 e. The first kappa shape index (κ1) is 15.3. The van der Waals surface area contributed by atoms with Crippen molar-refractivity contribution in [2.45, 2.75) is 31.5 Å². The molecule has 1 fully saturated rings. The van der Waals surface area contributed by atoms with Gasteiger partial charge >= 0.3 is 0 Å². The molecule has 1 saturated heterocycles. The summed E-state index contributed by atoms with van der Waals surface area (Å²) in [4.78, 5) is 0. The first-order chi connectivity index (χ1) is 9.78. The summed E-state index contributed by atoms with van der Waals surface area (Å²) >= 11 is 0. The number of hydrogen-bond donors (Lipinski definition) is 0. The fourth-order valence-corrected chi connectivity index (χ4v) is 2.07. The highest BCUT2D eigenvalue weighted by molar-refractivity contribution is 7.09. The molecule has 3 atom stereocenters. The number of rotatable bonds is 5. The summed E-state index contributed by atoms with van der Waals surface area (Å²) in [6.45, 7) is 1.08. The van der Waals surface area contributed by atoms with Crippen molar-refractivity contribution < 1.29 is 18.4 Å². The van der Waals surface area contributed by atoms with Gasteiger partial charge in [-0.3, -0.25) is 0 Å². The Morgan fingerprint density at radius 1 is 1.30 bits per heavy atom. The zero-order chi connectivity index (χ0) is 14.2. The average molecular weight is 296 g/mol. The lowest BCUT2D eigenvalue weighted by Gasteiger charge is -2.12. The SMILES string of the molecule is Fc1ccc(OCC2CCC(C#CCCOP)O2)cc1. The van der Waals surface area contributed by atoms with Gasteiger partial charge in [0.15, 0.2) is 0 Å². The molecule has 0 bridgehead atoms. The number of benzene rings is 1. The summed E-state index contributed by atoms with van der Waals surface area (Å²) in [5.74, 6) is 6.51. The Kier molecular flexibility index (Phi) is 6.26. The second kappa shape index (κ2) is 8.21. The summed E-state index contributed by atoms with van der Waals surface area (Å²) in [6.07, 6.45) is 2.60. The normalized spacial score (nSPS) is 21.3. The van der Waals surface area contributed by atoms with E-state index in [4.69, 9.17) is 14.0 Å². The monoisotopic (exact) mass is 296 g/mol. The molecule has 20 heavy (non-hydrogen) atoms. The van der Waals surface area contributed by atoms with Crippen molar-refractivity contribution in [2.24, 2.45) is 0 Å². The second-order valence-electron chi connectivity index (χ2n) is 4.53. The van der Waals surface area contributed by atoms with E-state index in [0.717, 1.165) is 12.8 Å². The Morgan fingerprint density at radius 2 is 2.10 bits per heavy atom. The summed E-state index contributed by atoms with van der Waals surface area (Å²) in [5.41, 5.74) is 0. The molecule has 2 rings (SSSR count). The van der Waals surface area contributed by atoms with Gasteiger partial charge in [-0.1, -0.05) is 11.8 Å². The zero-order valence-corrected chi connectivity index (χ0v) is 12.3. The van der Waals surface area contributed by atoms with Gasteiger partial charge in [0.1, 0.15) is 24.3 Å². The standard InChI is InChI=1S/C15H18FO3P/c16-12-4-6-13(7-5-12)17-11-15-9-8-14(19-15)3-1-2-10-18-20/h4-7,14-15H,2,8-11,20H2. The van der Waals surface area contributed by atoms with E-state index in [-0.39, 0.29) is 18.0 Å². The minimum atomic E-state index is -0.265. The van der Waals surface area contributed by atoms with E-state index in [1.165, 1.54) is 12.1 Å². The van der Waals surface area contributed by atoms with Crippen LogP contribution in [0.3, 0.4) is 0 Å². The van der Waals surface area contributed by atoms with E-state index in [2.05, 4.69) is 21.3 Å². The summed E-state index contributed by atoms with van der Waals surface area (Å²) < 4.78 is 28.9. The van der Waals surface area contributed by atoms with Crippen molar-refractivity contribution >= 4 is 9.47 Å². The van der Waals surface area contributed by atoms with Crippen LogP contribution in [-0.2, 0) is 9.26 Å². The highest BCUT2D eigenvalue weighted by atomic mass is 31.0. The van der Waals surface area contributed by atoms with Gasteiger partial charge in [-0.05, 0) is 37.1 Å². The van der Waals surface area contributed by atoms with Gasteiger partial charge < -0.3 is 14.0 Å². The molecule has 0 amide bonds. The highest BCUT2D eigenvalue weighted by Crippen LogP contribution is 2.20. The molecule has 1 aliphatic rings. The molecule has 0 saturated carbocycles. The van der Waals surface area contributed by atoms with E-state index < -0.39 is 0 Å². The first-order valence-corrected chi connectivity index (χ1v) is 7.09. The van der Waals surface area contributed by atoms with Crippen molar-refractivity contribution in [3.05, 3.63) is 30.1 Å². The molecule has 1 aromatic carbocycles. The van der Waals surface area contributed by atoms with Gasteiger partial charge in [0.05, 0.1) is 12.7 Å². The maximum atomic E-state index is 12.7. The lowest BCUT2D eigenvalue weighted by Crippen LogP contribution is -2.18. The summed E-state index contributed by atoms with van der Waals surface area (Å²) in [7, 11) is 2.20. The number of halogens is 1.